The van der Waals surface area contributed by atoms with E-state index in [-0.39, 0.29) is 107 Å². The van der Waals surface area contributed by atoms with Gasteiger partial charge in [-0.05, 0) is 57.4 Å². The highest BCUT2D eigenvalue weighted by atomic mass is 35.5. The van der Waals surface area contributed by atoms with Crippen LogP contribution in [0.25, 0.3) is 0 Å². The number of rotatable bonds is 22. The first-order valence-corrected chi connectivity index (χ1v) is 27.4. The first-order valence-electron chi connectivity index (χ1n) is 26.1. The summed E-state index contributed by atoms with van der Waals surface area (Å²) < 4.78 is 45.4. The van der Waals surface area contributed by atoms with Crippen molar-refractivity contribution in [2.24, 2.45) is 5.92 Å². The molecule has 0 spiro atoms. The molecule has 6 rings (SSSR count). The molecule has 0 saturated carbocycles. The number of epoxide rings is 1. The van der Waals surface area contributed by atoms with Crippen molar-refractivity contribution in [1.82, 2.24) is 20.0 Å². The molecular formula is C54H76ClN5O17S. The van der Waals surface area contributed by atoms with Gasteiger partial charge in [0.15, 0.2) is 5.72 Å². The Morgan fingerprint density at radius 1 is 1.00 bits per heavy atom. The van der Waals surface area contributed by atoms with Crippen LogP contribution in [-0.4, -0.2) is 206 Å². The second-order valence-electron chi connectivity index (χ2n) is 21.0. The number of aliphatic hydroxyl groups is 2. The van der Waals surface area contributed by atoms with Gasteiger partial charge in [-0.15, -0.1) is 11.8 Å². The molecule has 6 amide bonds. The molecule has 0 aliphatic carbocycles. The molecule has 2 unspecified atom stereocenters. The fourth-order valence-corrected chi connectivity index (χ4v) is 11.6. The highest BCUT2D eigenvalue weighted by Gasteiger charge is 2.64. The number of nitrogens with zero attached hydrogens (tertiary/aromatic N) is 4. The second kappa shape index (κ2) is 26.9. The van der Waals surface area contributed by atoms with Crippen molar-refractivity contribution >= 4 is 70.6 Å². The van der Waals surface area contributed by atoms with Gasteiger partial charge in [-0.3, -0.25) is 34.2 Å². The number of hydrogen-bond donors (Lipinski definition) is 3. The highest BCUT2D eigenvalue weighted by molar-refractivity contribution is 8.02. The first kappa shape index (κ1) is 62.1. The van der Waals surface area contributed by atoms with E-state index in [1.165, 1.54) is 71.7 Å². The number of benzene rings is 1. The number of allylic oxidation sites excluding steroid dienone is 3. The zero-order valence-corrected chi connectivity index (χ0v) is 47.7. The number of carbonyl (C=O) groups is 7. The number of imide groups is 1. The normalized spacial score (nSPS) is 29.1. The van der Waals surface area contributed by atoms with Crippen molar-refractivity contribution in [3.05, 3.63) is 58.7 Å². The molecule has 22 nitrogen and oxygen atoms in total. The van der Waals surface area contributed by atoms with Crippen LogP contribution in [0.15, 0.2) is 48.1 Å². The van der Waals surface area contributed by atoms with Gasteiger partial charge in [0, 0.05) is 63.8 Å². The van der Waals surface area contributed by atoms with Crippen LogP contribution in [-0.2, 0) is 68.3 Å². The average molecular weight is 1130 g/mol. The Morgan fingerprint density at radius 3 is 2.31 bits per heavy atom. The van der Waals surface area contributed by atoms with Crippen molar-refractivity contribution in [3.63, 3.8) is 0 Å². The first-order chi connectivity index (χ1) is 36.8. The van der Waals surface area contributed by atoms with E-state index in [1.807, 2.05) is 26.8 Å². The van der Waals surface area contributed by atoms with Crippen LogP contribution < -0.4 is 15.0 Å². The molecule has 3 fully saturated rings. The molecule has 0 aromatic heterocycles. The van der Waals surface area contributed by atoms with Crippen LogP contribution in [0.5, 0.6) is 5.75 Å². The number of esters is 1. The number of likely N-dealkylation sites (tertiary alicyclic amines) is 1. The summed E-state index contributed by atoms with van der Waals surface area (Å²) in [5.41, 5.74) is -1.18. The third-order valence-corrected chi connectivity index (χ3v) is 16.7. The van der Waals surface area contributed by atoms with Gasteiger partial charge in [0.05, 0.1) is 76.8 Å². The zero-order chi connectivity index (χ0) is 57.3. The Kier molecular flexibility index (Phi) is 21.4. The van der Waals surface area contributed by atoms with Crippen molar-refractivity contribution in [2.45, 2.75) is 138 Å². The predicted octanol–water partition coefficient (Wildman–Crippen LogP) is 3.70. The van der Waals surface area contributed by atoms with E-state index in [0.717, 1.165) is 11.1 Å². The predicted molar refractivity (Wildman–Crippen MR) is 286 cm³/mol. The van der Waals surface area contributed by atoms with Gasteiger partial charge in [-0.2, -0.15) is 0 Å². The number of ether oxygens (including phenoxy) is 8. The number of thioether (sulfide) groups is 1. The van der Waals surface area contributed by atoms with Gasteiger partial charge in [-0.25, -0.2) is 9.59 Å². The molecule has 24 heteroatoms. The summed E-state index contributed by atoms with van der Waals surface area (Å²) >= 11 is 8.14. The lowest BCUT2D eigenvalue weighted by Gasteiger charge is -2.42. The number of methoxy groups -OCH3 is 2. The minimum absolute atomic E-state index is 0.00208. The Labute approximate surface area is 464 Å². The number of likely N-dealkylation sites (N-methyl/N-ethyl adjacent to an activating group) is 1. The Morgan fingerprint density at radius 2 is 1.67 bits per heavy atom. The molecule has 5 aliphatic heterocycles. The SMILES string of the molecule is COc1cc2cc(c1Cl)N(C)C(=O)C[C@H](OC(=O)[C@H](C)N(C)C(=O)CCC(C)(C)SC1CC(=O)N(CCOCCOCCOCCN3C(=O)C=CC3O)C1=O)[C@]1(C)O[C@H]1[C@H](C)[C@@H]1C[C@@](O)(NC(=O)O1)[C@H](OC)/C=C/C=C(\C)C2. The smallest absolute Gasteiger partial charge is 0.409 e. The summed E-state index contributed by atoms with van der Waals surface area (Å²) in [6, 6.07) is 2.41. The van der Waals surface area contributed by atoms with Crippen molar-refractivity contribution in [3.8, 4) is 5.75 Å². The summed E-state index contributed by atoms with van der Waals surface area (Å²) in [6.07, 6.45) is 2.45. The van der Waals surface area contributed by atoms with Crippen molar-refractivity contribution < 1.29 is 81.7 Å². The molecule has 10 atom stereocenters. The topological polar surface area (TPSA) is 262 Å². The number of carbonyl (C=O) groups excluding carboxylic acids is 7. The van der Waals surface area contributed by atoms with Gasteiger partial charge in [-0.1, -0.05) is 56.2 Å². The fraction of sp³-hybridized carbons (Fsp3) is 0.648. The van der Waals surface area contributed by atoms with Crippen LogP contribution in [0.3, 0.4) is 0 Å². The number of anilines is 1. The molecule has 5 aliphatic rings. The largest absolute Gasteiger partial charge is 0.495 e. The highest BCUT2D eigenvalue weighted by Crippen LogP contribution is 2.49. The number of nitrogens with one attached hydrogen (secondary N) is 1. The van der Waals surface area contributed by atoms with E-state index < -0.39 is 81.9 Å². The second-order valence-corrected chi connectivity index (χ2v) is 23.3. The number of fused-ring (bicyclic) bond motifs is 5. The van der Waals surface area contributed by atoms with Gasteiger partial charge >= 0.3 is 12.1 Å². The zero-order valence-electron chi connectivity index (χ0n) is 46.2. The number of aliphatic hydroxyl groups excluding tert-OH is 1. The minimum Gasteiger partial charge on any atom is -0.495 e. The molecule has 78 heavy (non-hydrogen) atoms. The Hall–Kier alpha value is -5.11. The Bertz CT molecular complexity index is 2480. The molecule has 5 heterocycles. The van der Waals surface area contributed by atoms with Crippen molar-refractivity contribution in [1.29, 1.82) is 0 Å². The summed E-state index contributed by atoms with van der Waals surface area (Å²) in [5, 5.41) is 23.6. The molecule has 432 valence electrons. The average Bonchev–Trinajstić information content (AvgIpc) is 4.07. The maximum absolute atomic E-state index is 14.4. The standard InChI is InChI=1S/C54H76ClN5O17S/c1-32-12-11-13-40(71-10)54(69)31-38(75-51(68)56-54)33(2)48-53(6,77-48)41(30-45(64)58(8)36-27-35(26-32)28-37(70-9)47(36)55)76-50(67)34(3)57(7)42(61)16-17-52(4,5)78-39-29-46(65)60(49(39)66)19-21-73-23-25-74-24-22-72-20-18-59-43(62)14-15-44(59)63/h11-15,27-28,33-34,38-41,43,48,62,69H,16-26,29-31H2,1-10H3,(H,56,68)/b13-11+,32-12+/t33-,34+,38+,39?,40-,41+,43?,48+,53+,54+/m1/s1. The van der Waals surface area contributed by atoms with Gasteiger partial charge in [0.1, 0.15) is 47.0 Å². The number of amides is 6. The third-order valence-electron chi connectivity index (χ3n) is 14.8. The van der Waals surface area contributed by atoms with E-state index in [9.17, 15) is 43.8 Å². The molecular weight excluding hydrogens is 1060 g/mol. The maximum Gasteiger partial charge on any atom is 0.409 e. The summed E-state index contributed by atoms with van der Waals surface area (Å²) in [5.74, 6) is -2.89. The molecule has 1 aromatic carbocycles. The lowest BCUT2D eigenvalue weighted by atomic mass is 9.83. The fourth-order valence-electron chi connectivity index (χ4n) is 9.83. The van der Waals surface area contributed by atoms with Crippen LogP contribution in [0.4, 0.5) is 10.5 Å². The maximum atomic E-state index is 14.4. The van der Waals surface area contributed by atoms with Crippen LogP contribution in [0.1, 0.15) is 79.2 Å². The summed E-state index contributed by atoms with van der Waals surface area (Å²) in [4.78, 5) is 98.6. The summed E-state index contributed by atoms with van der Waals surface area (Å²) in [6.45, 7) is 12.4. The summed E-state index contributed by atoms with van der Waals surface area (Å²) in [7, 11) is 5.91. The van der Waals surface area contributed by atoms with E-state index in [1.54, 1.807) is 45.2 Å². The molecule has 3 saturated heterocycles. The van der Waals surface area contributed by atoms with Gasteiger partial charge in [0.2, 0.25) is 29.5 Å². The minimum atomic E-state index is -1.88. The molecule has 1 aromatic rings. The molecule has 3 N–H and O–H groups in total. The van der Waals surface area contributed by atoms with E-state index in [4.69, 9.17) is 49.5 Å². The van der Waals surface area contributed by atoms with Gasteiger partial charge < -0.3 is 62.8 Å². The van der Waals surface area contributed by atoms with Crippen LogP contribution in [0.2, 0.25) is 5.02 Å². The number of halogens is 1. The number of alkyl carbamates (subject to hydrolysis) is 1. The van der Waals surface area contributed by atoms with Crippen LogP contribution in [0, 0.1) is 5.92 Å². The van der Waals surface area contributed by atoms with Gasteiger partial charge in [0.25, 0.3) is 0 Å². The quantitative estimate of drug-likeness (QED) is 0.0647. The third kappa shape index (κ3) is 15.4. The molecule has 4 bridgehead atoms. The van der Waals surface area contributed by atoms with Crippen molar-refractivity contribution in [2.75, 3.05) is 85.9 Å². The monoisotopic (exact) mass is 1130 g/mol. The Balaban J connectivity index is 1.04. The lowest BCUT2D eigenvalue weighted by Crippen LogP contribution is -2.63. The van der Waals surface area contributed by atoms with E-state index in [2.05, 4.69) is 5.32 Å². The lowest BCUT2D eigenvalue weighted by molar-refractivity contribution is -0.162. The number of hydrogen-bond acceptors (Lipinski definition) is 18. The van der Waals surface area contributed by atoms with Crippen LogP contribution >= 0.6 is 23.4 Å². The van der Waals surface area contributed by atoms with E-state index >= 15 is 0 Å². The molecule has 0 radical (unpaired) electrons. The van der Waals surface area contributed by atoms with E-state index in [0.29, 0.717) is 24.3 Å².